The number of benzene rings is 10. The summed E-state index contributed by atoms with van der Waals surface area (Å²) in [7, 11) is 0. The topological polar surface area (TPSA) is 43.0 Å². The second kappa shape index (κ2) is 15.7. The van der Waals surface area contributed by atoms with Crippen molar-refractivity contribution in [3.8, 4) is 67.3 Å². The van der Waals surface area contributed by atoms with E-state index in [4.69, 9.17) is 14.4 Å². The van der Waals surface area contributed by atoms with E-state index < -0.39 is 0 Å². The number of hydrogen-bond acceptors (Lipinski definition) is 3. The molecule has 320 valence electrons. The van der Waals surface area contributed by atoms with Crippen LogP contribution in [-0.4, -0.2) is 9.97 Å². The summed E-state index contributed by atoms with van der Waals surface area (Å²) < 4.78 is 9.14. The second-order valence-electron chi connectivity index (χ2n) is 17.9. The summed E-state index contributed by atoms with van der Waals surface area (Å²) in [5.41, 5.74) is 16.4. The van der Waals surface area contributed by atoms with Crippen molar-refractivity contribution >= 4 is 70.8 Å². The van der Waals surface area contributed by atoms with Crippen LogP contribution in [0.1, 0.15) is 0 Å². The first kappa shape index (κ1) is 39.0. The standard InChI is InChI=1S/C65H40N3O/c1-5-16-41(17-6-1)44-28-30-45(31-29-44)64-55-39-60-63(53-26-13-14-27-59(53)69-60)61-48-25-15-24-47(34-48)58-40-57(51-36-49(42-18-7-2-8-19-42)35-50(37-51)43-20-9-3-10-21-43)67-65(46-22-11-4-12-23-46)68(58)52-32-33-56(66-64)54(38-52)62(55)61/h1-40H/q+1. The van der Waals surface area contributed by atoms with Crippen molar-refractivity contribution in [2.45, 2.75) is 0 Å². The molecule has 0 aliphatic carbocycles. The highest BCUT2D eigenvalue weighted by Crippen LogP contribution is 2.45. The molecule has 0 radical (unpaired) electrons. The molecule has 0 atom stereocenters. The van der Waals surface area contributed by atoms with Gasteiger partial charge < -0.3 is 4.42 Å². The summed E-state index contributed by atoms with van der Waals surface area (Å²) in [5.74, 6) is 0.843. The third-order valence-corrected chi connectivity index (χ3v) is 13.8. The Kier molecular flexibility index (Phi) is 8.86. The summed E-state index contributed by atoms with van der Waals surface area (Å²) in [5, 5.41) is 8.73. The van der Waals surface area contributed by atoms with E-state index in [2.05, 4.69) is 247 Å². The van der Waals surface area contributed by atoms with Gasteiger partial charge in [0.25, 0.3) is 0 Å². The summed E-state index contributed by atoms with van der Waals surface area (Å²) >= 11 is 0. The molecule has 4 heteroatoms. The van der Waals surface area contributed by atoms with Crippen LogP contribution < -0.4 is 4.40 Å². The number of fused-ring (bicyclic) bond motifs is 11. The molecule has 4 aromatic heterocycles. The van der Waals surface area contributed by atoms with Crippen molar-refractivity contribution in [2.24, 2.45) is 0 Å². The van der Waals surface area contributed by atoms with Crippen LogP contribution in [0.4, 0.5) is 0 Å². The van der Waals surface area contributed by atoms with E-state index >= 15 is 0 Å². The van der Waals surface area contributed by atoms with Gasteiger partial charge in [0.05, 0.1) is 16.8 Å². The van der Waals surface area contributed by atoms with Gasteiger partial charge in [-0.15, -0.1) is 0 Å². The summed E-state index contributed by atoms with van der Waals surface area (Å²) in [4.78, 5) is 11.2. The Balaban J connectivity index is 1.12. The minimum absolute atomic E-state index is 0.834. The average Bonchev–Trinajstić information content (AvgIpc) is 3.80. The molecule has 0 aliphatic rings. The fourth-order valence-corrected chi connectivity index (χ4v) is 10.6. The molecule has 0 aliphatic heterocycles. The molecule has 0 unspecified atom stereocenters. The average molecular weight is 879 g/mol. The minimum atomic E-state index is 0.834. The smallest absolute Gasteiger partial charge is 0.336 e. The zero-order chi connectivity index (χ0) is 45.4. The fraction of sp³-hybridized carbons (Fsp3) is 0. The molecular weight excluding hydrogens is 839 g/mol. The van der Waals surface area contributed by atoms with Crippen LogP contribution in [0, 0.1) is 0 Å². The number of nitrogens with zero attached hydrogens (tertiary/aromatic N) is 3. The van der Waals surface area contributed by atoms with E-state index in [-0.39, 0.29) is 0 Å². The summed E-state index contributed by atoms with van der Waals surface area (Å²) in [6.45, 7) is 0. The number of hydrogen-bond donors (Lipinski definition) is 0. The van der Waals surface area contributed by atoms with E-state index in [1.165, 1.54) is 5.56 Å². The molecule has 0 N–H and O–H groups in total. The SMILES string of the molecule is c1ccc(-c2ccc(-c3nc4ccc5cc4c4c3cc3oc6ccccc6c3c4c3cccc(c3)c3cc(-c4cc(-c6ccccc6)cc(-c6ccccc6)c4)nc(-c4ccccc4)[n+]53)cc2)cc1. The first-order valence-electron chi connectivity index (χ1n) is 23.5. The van der Waals surface area contributed by atoms with E-state index in [9.17, 15) is 0 Å². The van der Waals surface area contributed by atoms with Crippen LogP contribution in [0.2, 0.25) is 0 Å². The normalized spacial score (nSPS) is 11.8. The van der Waals surface area contributed by atoms with Gasteiger partial charge in [-0.2, -0.15) is 4.40 Å². The van der Waals surface area contributed by atoms with Crippen molar-refractivity contribution in [3.63, 3.8) is 0 Å². The quantitative estimate of drug-likeness (QED) is 0.123. The predicted octanol–water partition coefficient (Wildman–Crippen LogP) is 16.7. The highest BCUT2D eigenvalue weighted by molar-refractivity contribution is 6.34. The number of rotatable bonds is 6. The Morgan fingerprint density at radius 3 is 1.59 bits per heavy atom. The van der Waals surface area contributed by atoms with Gasteiger partial charge in [-0.05, 0) is 110 Å². The van der Waals surface area contributed by atoms with Crippen LogP contribution >= 0.6 is 0 Å². The van der Waals surface area contributed by atoms with Gasteiger partial charge in [-0.1, -0.05) is 170 Å². The molecule has 0 saturated heterocycles. The molecule has 4 heterocycles. The molecule has 4 bridgehead atoms. The Bertz CT molecular complexity index is 4260. The molecule has 4 nitrogen and oxygen atoms in total. The molecule has 14 aromatic rings. The lowest BCUT2D eigenvalue weighted by molar-refractivity contribution is -0.471. The van der Waals surface area contributed by atoms with Gasteiger partial charge in [-0.3, -0.25) is 0 Å². The van der Waals surface area contributed by atoms with Crippen molar-refractivity contribution in [3.05, 3.63) is 243 Å². The van der Waals surface area contributed by atoms with Gasteiger partial charge in [-0.25, -0.2) is 4.98 Å². The zero-order valence-corrected chi connectivity index (χ0v) is 37.3. The van der Waals surface area contributed by atoms with Crippen LogP contribution in [0.3, 0.4) is 0 Å². The lowest BCUT2D eigenvalue weighted by Crippen LogP contribution is -2.27. The third-order valence-electron chi connectivity index (χ3n) is 13.8. The van der Waals surface area contributed by atoms with E-state index in [0.717, 1.165) is 133 Å². The van der Waals surface area contributed by atoms with Crippen LogP contribution in [0.25, 0.3) is 138 Å². The Morgan fingerprint density at radius 2 is 0.899 bits per heavy atom. The van der Waals surface area contributed by atoms with Gasteiger partial charge >= 0.3 is 5.82 Å². The maximum Gasteiger partial charge on any atom is 0.336 e. The lowest BCUT2D eigenvalue weighted by atomic mass is 9.92. The first-order valence-corrected chi connectivity index (χ1v) is 23.5. The molecule has 10 aromatic carbocycles. The maximum atomic E-state index is 6.80. The minimum Gasteiger partial charge on any atom is -0.456 e. The highest BCUT2D eigenvalue weighted by Gasteiger charge is 2.25. The highest BCUT2D eigenvalue weighted by atomic mass is 16.3. The van der Waals surface area contributed by atoms with Crippen molar-refractivity contribution in [2.75, 3.05) is 0 Å². The molecule has 0 saturated carbocycles. The number of aromatic nitrogens is 3. The maximum absolute atomic E-state index is 6.80. The van der Waals surface area contributed by atoms with E-state index in [1.807, 2.05) is 0 Å². The molecule has 69 heavy (non-hydrogen) atoms. The monoisotopic (exact) mass is 878 g/mol. The van der Waals surface area contributed by atoms with E-state index in [1.54, 1.807) is 0 Å². The van der Waals surface area contributed by atoms with Gasteiger partial charge in [0.1, 0.15) is 22.2 Å². The van der Waals surface area contributed by atoms with Gasteiger partial charge in [0.2, 0.25) is 0 Å². The molecule has 14 rings (SSSR count). The fourth-order valence-electron chi connectivity index (χ4n) is 10.6. The Labute approximate surface area is 397 Å². The molecule has 0 spiro atoms. The Hall–Kier alpha value is -9.25. The molecule has 0 amide bonds. The summed E-state index contributed by atoms with van der Waals surface area (Å²) in [6.07, 6.45) is 0. The van der Waals surface area contributed by atoms with Crippen molar-refractivity contribution < 1.29 is 8.82 Å². The van der Waals surface area contributed by atoms with Gasteiger partial charge in [0, 0.05) is 54.9 Å². The zero-order valence-electron chi connectivity index (χ0n) is 37.3. The number of pyridine rings is 1. The number of furan rings is 1. The second-order valence-corrected chi connectivity index (χ2v) is 17.9. The van der Waals surface area contributed by atoms with Crippen LogP contribution in [0.5, 0.6) is 0 Å². The molecule has 0 fully saturated rings. The predicted molar refractivity (Wildman–Crippen MR) is 285 cm³/mol. The van der Waals surface area contributed by atoms with Crippen molar-refractivity contribution in [1.82, 2.24) is 9.97 Å². The summed E-state index contributed by atoms with van der Waals surface area (Å²) in [6, 6.07) is 86.8. The number of para-hydroxylation sites is 1. The molecular formula is C65H40N3O+. The van der Waals surface area contributed by atoms with Crippen LogP contribution in [-0.2, 0) is 0 Å². The largest absolute Gasteiger partial charge is 0.456 e. The van der Waals surface area contributed by atoms with E-state index in [0.29, 0.717) is 0 Å². The lowest BCUT2D eigenvalue weighted by Gasteiger charge is -2.15. The first-order chi connectivity index (χ1) is 34.2. The Morgan fingerprint density at radius 1 is 0.319 bits per heavy atom. The van der Waals surface area contributed by atoms with Crippen molar-refractivity contribution in [1.29, 1.82) is 0 Å². The van der Waals surface area contributed by atoms with Crippen LogP contribution in [0.15, 0.2) is 247 Å². The van der Waals surface area contributed by atoms with Gasteiger partial charge in [0.15, 0.2) is 5.69 Å². The third kappa shape index (κ3) is 6.49.